The van der Waals surface area contributed by atoms with E-state index in [2.05, 4.69) is 67.6 Å². The molecule has 0 radical (unpaired) electrons. The van der Waals surface area contributed by atoms with E-state index in [1.807, 2.05) is 0 Å². The lowest BCUT2D eigenvalue weighted by Crippen LogP contribution is -2.44. The Hall–Kier alpha value is -1.02. The van der Waals surface area contributed by atoms with Gasteiger partial charge in [0, 0.05) is 12.0 Å². The fourth-order valence-electron chi connectivity index (χ4n) is 2.78. The summed E-state index contributed by atoms with van der Waals surface area (Å²) in [6.07, 6.45) is 2.96. The molecule has 0 saturated carbocycles. The number of rotatable bonds is 7. The van der Waals surface area contributed by atoms with E-state index in [1.54, 1.807) is 0 Å². The van der Waals surface area contributed by atoms with Crippen LogP contribution in [0.1, 0.15) is 59.6 Å². The van der Waals surface area contributed by atoms with Gasteiger partial charge in [-0.1, -0.05) is 47.5 Å². The second-order valence-corrected chi connectivity index (χ2v) is 14.6. The summed E-state index contributed by atoms with van der Waals surface area (Å²) in [7, 11) is -1.95. The van der Waals surface area contributed by atoms with Crippen molar-refractivity contribution in [1.82, 2.24) is 19.9 Å². The van der Waals surface area contributed by atoms with E-state index in [4.69, 9.17) is 33.4 Å². The molecule has 0 amide bonds. The van der Waals surface area contributed by atoms with Crippen LogP contribution >= 0.6 is 23.2 Å². The number of hydrogen-bond donors (Lipinski definition) is 1. The predicted molar refractivity (Wildman–Crippen MR) is 120 cm³/mol. The fourth-order valence-corrected chi connectivity index (χ4v) is 4.24. The van der Waals surface area contributed by atoms with Crippen molar-refractivity contribution in [3.05, 3.63) is 16.3 Å². The lowest BCUT2D eigenvalue weighted by Gasteiger charge is -2.40. The van der Waals surface area contributed by atoms with Gasteiger partial charge < -0.3 is 10.2 Å². The number of unbranched alkanes of at least 4 members (excludes halogenated alkanes) is 1. The standard InChI is InChI=1S/C19H31Cl2N5OSi/c1-8-9-10-19(5,11-27-28(6,7)18(2,3)4)14-12-13(24-16(20)25-14)15(22)26-17(21)23-12/h8-11H2,1-7H3,(H2,22,23,26). The number of nitrogens with zero attached hydrogens (tertiary/aromatic N) is 4. The summed E-state index contributed by atoms with van der Waals surface area (Å²) in [6.45, 7) is 16.0. The van der Waals surface area contributed by atoms with Crippen LogP contribution < -0.4 is 5.73 Å². The Balaban J connectivity index is 2.59. The van der Waals surface area contributed by atoms with Gasteiger partial charge >= 0.3 is 0 Å². The van der Waals surface area contributed by atoms with Gasteiger partial charge in [-0.3, -0.25) is 0 Å². The smallest absolute Gasteiger partial charge is 0.225 e. The number of nitrogens with two attached hydrogens (primary N) is 1. The van der Waals surface area contributed by atoms with Crippen molar-refractivity contribution < 1.29 is 4.43 Å². The van der Waals surface area contributed by atoms with Gasteiger partial charge in [0.25, 0.3) is 0 Å². The van der Waals surface area contributed by atoms with Gasteiger partial charge in [0.05, 0.1) is 5.69 Å². The fraction of sp³-hybridized carbons (Fsp3) is 0.684. The Kier molecular flexibility index (Phi) is 6.96. The van der Waals surface area contributed by atoms with E-state index in [0.717, 1.165) is 19.3 Å². The second-order valence-electron chi connectivity index (χ2n) is 9.13. The second kappa shape index (κ2) is 8.38. The van der Waals surface area contributed by atoms with Crippen LogP contribution in [-0.4, -0.2) is 34.9 Å². The van der Waals surface area contributed by atoms with Crippen molar-refractivity contribution in [1.29, 1.82) is 0 Å². The predicted octanol–water partition coefficient (Wildman–Crippen LogP) is 5.78. The van der Waals surface area contributed by atoms with E-state index in [9.17, 15) is 0 Å². The van der Waals surface area contributed by atoms with Crippen molar-refractivity contribution in [2.24, 2.45) is 0 Å². The molecule has 1 unspecified atom stereocenters. The molecule has 0 fully saturated rings. The number of aromatic nitrogens is 4. The quantitative estimate of drug-likeness (QED) is 0.430. The van der Waals surface area contributed by atoms with Crippen LogP contribution in [0.4, 0.5) is 5.82 Å². The average molecular weight is 444 g/mol. The SMILES string of the molecule is CCCCC(C)(CO[Si](C)(C)C(C)(C)C)c1nc(Cl)nc2c(N)nc(Cl)nc12. The molecule has 2 rings (SSSR count). The molecule has 2 aromatic heterocycles. The zero-order valence-corrected chi connectivity index (χ0v) is 20.4. The molecule has 28 heavy (non-hydrogen) atoms. The van der Waals surface area contributed by atoms with Crippen LogP contribution in [0.3, 0.4) is 0 Å². The van der Waals surface area contributed by atoms with Gasteiger partial charge in [0.2, 0.25) is 10.6 Å². The summed E-state index contributed by atoms with van der Waals surface area (Å²) < 4.78 is 6.59. The molecule has 2 aromatic rings. The maximum atomic E-state index is 6.59. The molecule has 0 aliphatic rings. The van der Waals surface area contributed by atoms with Crippen molar-refractivity contribution >= 4 is 48.4 Å². The van der Waals surface area contributed by atoms with E-state index < -0.39 is 13.7 Å². The van der Waals surface area contributed by atoms with E-state index in [0.29, 0.717) is 23.3 Å². The van der Waals surface area contributed by atoms with Crippen molar-refractivity contribution in [2.75, 3.05) is 12.3 Å². The molecule has 0 aliphatic carbocycles. The monoisotopic (exact) mass is 443 g/mol. The van der Waals surface area contributed by atoms with E-state index in [1.165, 1.54) is 0 Å². The minimum absolute atomic E-state index is 0.0697. The first-order chi connectivity index (χ1) is 12.8. The maximum Gasteiger partial charge on any atom is 0.225 e. The first-order valence-corrected chi connectivity index (χ1v) is 13.3. The molecule has 0 spiro atoms. The molecule has 0 bridgehead atoms. The van der Waals surface area contributed by atoms with Crippen LogP contribution in [0.15, 0.2) is 0 Å². The number of nitrogen functional groups attached to an aromatic ring is 1. The topological polar surface area (TPSA) is 86.8 Å². The molecule has 0 aliphatic heterocycles. The first-order valence-electron chi connectivity index (χ1n) is 9.61. The van der Waals surface area contributed by atoms with Gasteiger partial charge in [0.1, 0.15) is 11.0 Å². The third kappa shape index (κ3) is 4.93. The van der Waals surface area contributed by atoms with Crippen LogP contribution in [0.5, 0.6) is 0 Å². The van der Waals surface area contributed by atoms with Crippen molar-refractivity contribution in [3.63, 3.8) is 0 Å². The summed E-state index contributed by atoms with van der Waals surface area (Å²) in [5.41, 5.74) is 7.31. The van der Waals surface area contributed by atoms with E-state index in [-0.39, 0.29) is 21.4 Å². The minimum Gasteiger partial charge on any atom is -0.416 e. The molecule has 1 atom stereocenters. The summed E-state index contributed by atoms with van der Waals surface area (Å²) >= 11 is 12.3. The van der Waals surface area contributed by atoms with Gasteiger partial charge in [0.15, 0.2) is 14.1 Å². The normalized spacial score (nSPS) is 15.0. The highest BCUT2D eigenvalue weighted by Crippen LogP contribution is 2.40. The lowest BCUT2D eigenvalue weighted by atomic mass is 9.81. The van der Waals surface area contributed by atoms with E-state index >= 15 is 0 Å². The molecule has 6 nitrogen and oxygen atoms in total. The highest BCUT2D eigenvalue weighted by Gasteiger charge is 2.41. The third-order valence-electron chi connectivity index (χ3n) is 5.73. The Morgan fingerprint density at radius 3 is 2.11 bits per heavy atom. The molecule has 2 heterocycles. The van der Waals surface area contributed by atoms with Crippen LogP contribution in [0, 0.1) is 0 Å². The Morgan fingerprint density at radius 2 is 1.54 bits per heavy atom. The Bertz CT molecular complexity index is 856. The molecule has 2 N–H and O–H groups in total. The highest BCUT2D eigenvalue weighted by atomic mass is 35.5. The number of anilines is 1. The molecule has 0 saturated heterocycles. The van der Waals surface area contributed by atoms with Gasteiger partial charge in [-0.05, 0) is 47.8 Å². The van der Waals surface area contributed by atoms with Gasteiger partial charge in [-0.25, -0.2) is 15.0 Å². The largest absolute Gasteiger partial charge is 0.416 e. The number of halogens is 2. The summed E-state index contributed by atoms with van der Waals surface area (Å²) in [4.78, 5) is 17.2. The van der Waals surface area contributed by atoms with Crippen LogP contribution in [0.25, 0.3) is 11.0 Å². The Morgan fingerprint density at radius 1 is 0.964 bits per heavy atom. The summed E-state index contributed by atoms with van der Waals surface area (Å²) in [5, 5.41) is 0.301. The zero-order chi connectivity index (χ0) is 21.3. The molecule has 9 heteroatoms. The molecule has 0 aromatic carbocycles. The molecular formula is C19H31Cl2N5OSi. The first kappa shape index (κ1) is 23.3. The summed E-state index contributed by atoms with van der Waals surface area (Å²) in [5.74, 6) is 0.198. The van der Waals surface area contributed by atoms with Crippen LogP contribution in [0.2, 0.25) is 28.7 Å². The van der Waals surface area contributed by atoms with Crippen molar-refractivity contribution in [3.8, 4) is 0 Å². The molecular weight excluding hydrogens is 413 g/mol. The maximum absolute atomic E-state index is 6.59. The van der Waals surface area contributed by atoms with Crippen LogP contribution in [-0.2, 0) is 9.84 Å². The molecule has 156 valence electrons. The lowest BCUT2D eigenvalue weighted by molar-refractivity contribution is 0.195. The average Bonchev–Trinajstić information content (AvgIpc) is 2.57. The van der Waals surface area contributed by atoms with Gasteiger partial charge in [-0.15, -0.1) is 0 Å². The number of hydrogen-bond acceptors (Lipinski definition) is 6. The number of fused-ring (bicyclic) bond motifs is 1. The summed E-state index contributed by atoms with van der Waals surface area (Å²) in [6, 6.07) is 0. The van der Waals surface area contributed by atoms with Crippen molar-refractivity contribution in [2.45, 2.75) is 77.4 Å². The minimum atomic E-state index is -1.95. The third-order valence-corrected chi connectivity index (χ3v) is 10.5. The Labute approximate surface area is 178 Å². The highest BCUT2D eigenvalue weighted by molar-refractivity contribution is 6.74. The van der Waals surface area contributed by atoms with Gasteiger partial charge in [-0.2, -0.15) is 4.98 Å². The zero-order valence-electron chi connectivity index (χ0n) is 17.9.